The second kappa shape index (κ2) is 9.08. The van der Waals surface area contributed by atoms with E-state index in [2.05, 4.69) is 127 Å². The molecule has 0 aliphatic heterocycles. The molecular formula is C39H25N3S2. The van der Waals surface area contributed by atoms with Crippen molar-refractivity contribution in [1.82, 2.24) is 14.5 Å². The van der Waals surface area contributed by atoms with Crippen LogP contribution in [0, 0.1) is 0 Å². The van der Waals surface area contributed by atoms with Crippen molar-refractivity contribution in [2.24, 2.45) is 0 Å². The van der Waals surface area contributed by atoms with Gasteiger partial charge in [0.05, 0.1) is 31.6 Å². The van der Waals surface area contributed by atoms with E-state index < -0.39 is 0 Å². The van der Waals surface area contributed by atoms with Crippen LogP contribution in [-0.4, -0.2) is 14.5 Å². The summed E-state index contributed by atoms with van der Waals surface area (Å²) in [7, 11) is 0. The Balaban J connectivity index is 1.45. The SMILES string of the molecule is CC1CC=Cc2c1c1c3ccccc3sc1c1c2c2ccccc2n1-c1nc(-c2ccccc2)c2sc3ccccc3c2n1. The van der Waals surface area contributed by atoms with Crippen LogP contribution in [0.3, 0.4) is 0 Å². The highest BCUT2D eigenvalue weighted by molar-refractivity contribution is 7.27. The number of hydrogen-bond acceptors (Lipinski definition) is 4. The topological polar surface area (TPSA) is 30.7 Å². The lowest BCUT2D eigenvalue weighted by molar-refractivity contribution is 0.781. The van der Waals surface area contributed by atoms with E-state index in [-0.39, 0.29) is 0 Å². The summed E-state index contributed by atoms with van der Waals surface area (Å²) in [5, 5.41) is 6.46. The smallest absolute Gasteiger partial charge is 0.235 e. The lowest BCUT2D eigenvalue weighted by Gasteiger charge is -2.21. The van der Waals surface area contributed by atoms with Gasteiger partial charge in [-0.05, 0) is 41.7 Å². The molecule has 4 aromatic heterocycles. The maximum atomic E-state index is 5.45. The van der Waals surface area contributed by atoms with Gasteiger partial charge in [-0.2, -0.15) is 0 Å². The number of rotatable bonds is 2. The molecule has 1 atom stereocenters. The normalized spacial score (nSPS) is 15.0. The predicted octanol–water partition coefficient (Wildman–Crippen LogP) is 11.5. The first-order valence-electron chi connectivity index (χ1n) is 15.1. The third kappa shape index (κ3) is 3.26. The van der Waals surface area contributed by atoms with Gasteiger partial charge in [0, 0.05) is 41.9 Å². The zero-order valence-electron chi connectivity index (χ0n) is 23.9. The number of benzene rings is 5. The average Bonchev–Trinajstić information content (AvgIpc) is 3.75. The molecular weight excluding hydrogens is 575 g/mol. The van der Waals surface area contributed by atoms with Crippen molar-refractivity contribution in [2.45, 2.75) is 19.3 Å². The Morgan fingerprint density at radius 2 is 1.36 bits per heavy atom. The van der Waals surface area contributed by atoms with Crippen molar-refractivity contribution in [1.29, 1.82) is 0 Å². The van der Waals surface area contributed by atoms with Crippen LogP contribution < -0.4 is 0 Å². The average molecular weight is 600 g/mol. The Kier molecular flexibility index (Phi) is 5.08. The maximum Gasteiger partial charge on any atom is 0.235 e. The Morgan fingerprint density at radius 1 is 0.682 bits per heavy atom. The Morgan fingerprint density at radius 3 is 2.20 bits per heavy atom. The molecule has 0 amide bonds. The zero-order chi connectivity index (χ0) is 28.9. The van der Waals surface area contributed by atoms with E-state index in [1.165, 1.54) is 57.7 Å². The fraction of sp³-hybridized carbons (Fsp3) is 0.0769. The van der Waals surface area contributed by atoms with E-state index in [0.29, 0.717) is 5.92 Å². The molecule has 0 N–H and O–H groups in total. The number of fused-ring (bicyclic) bond motifs is 13. The molecule has 1 unspecified atom stereocenters. The molecule has 208 valence electrons. The zero-order valence-corrected chi connectivity index (χ0v) is 25.5. The molecule has 0 radical (unpaired) electrons. The summed E-state index contributed by atoms with van der Waals surface area (Å²) in [6.45, 7) is 2.38. The fourth-order valence-corrected chi connectivity index (χ4v) is 9.76. The summed E-state index contributed by atoms with van der Waals surface area (Å²) in [4.78, 5) is 10.9. The van der Waals surface area contributed by atoms with Gasteiger partial charge in [-0.1, -0.05) is 104 Å². The summed E-state index contributed by atoms with van der Waals surface area (Å²) < 4.78 is 7.35. The molecule has 3 nitrogen and oxygen atoms in total. The molecule has 9 aromatic rings. The highest BCUT2D eigenvalue weighted by Crippen LogP contribution is 2.50. The van der Waals surface area contributed by atoms with Crippen LogP contribution in [0.2, 0.25) is 0 Å². The van der Waals surface area contributed by atoms with E-state index in [1.54, 1.807) is 11.3 Å². The van der Waals surface area contributed by atoms with Crippen molar-refractivity contribution in [3.63, 3.8) is 0 Å². The minimum Gasteiger partial charge on any atom is -0.276 e. The first-order chi connectivity index (χ1) is 21.8. The summed E-state index contributed by atoms with van der Waals surface area (Å²) >= 11 is 3.68. The highest BCUT2D eigenvalue weighted by atomic mass is 32.1. The summed E-state index contributed by atoms with van der Waals surface area (Å²) in [6.07, 6.45) is 5.78. The van der Waals surface area contributed by atoms with Gasteiger partial charge >= 0.3 is 0 Å². The van der Waals surface area contributed by atoms with Gasteiger partial charge in [0.15, 0.2) is 0 Å². The van der Waals surface area contributed by atoms with E-state index in [9.17, 15) is 0 Å². The third-order valence-electron chi connectivity index (χ3n) is 9.24. The van der Waals surface area contributed by atoms with Crippen molar-refractivity contribution in [3.8, 4) is 17.2 Å². The molecule has 5 heteroatoms. The minimum atomic E-state index is 0.441. The number of thiophene rings is 2. The Labute approximate surface area is 261 Å². The molecule has 0 bridgehead atoms. The van der Waals surface area contributed by atoms with Gasteiger partial charge in [0.2, 0.25) is 5.95 Å². The molecule has 1 aliphatic rings. The summed E-state index contributed by atoms with van der Waals surface area (Å²) in [5.74, 6) is 1.16. The van der Waals surface area contributed by atoms with Crippen molar-refractivity contribution < 1.29 is 0 Å². The largest absolute Gasteiger partial charge is 0.276 e. The van der Waals surface area contributed by atoms with Crippen LogP contribution in [0.5, 0.6) is 0 Å². The molecule has 0 saturated heterocycles. The monoisotopic (exact) mass is 599 g/mol. The lowest BCUT2D eigenvalue weighted by Crippen LogP contribution is -2.05. The Hall–Kier alpha value is -4.84. The number of nitrogens with zero attached hydrogens (tertiary/aromatic N) is 3. The van der Waals surface area contributed by atoms with Crippen molar-refractivity contribution in [2.75, 3.05) is 0 Å². The number of allylic oxidation sites excluding steroid dienone is 1. The van der Waals surface area contributed by atoms with Crippen LogP contribution in [-0.2, 0) is 0 Å². The number of aromatic nitrogens is 3. The fourth-order valence-electron chi connectivity index (χ4n) is 7.35. The van der Waals surface area contributed by atoms with Gasteiger partial charge in [-0.25, -0.2) is 9.97 Å². The molecule has 44 heavy (non-hydrogen) atoms. The van der Waals surface area contributed by atoms with Gasteiger partial charge in [-0.15, -0.1) is 22.7 Å². The number of hydrogen-bond donors (Lipinski definition) is 0. The van der Waals surface area contributed by atoms with Gasteiger partial charge in [0.25, 0.3) is 0 Å². The quantitative estimate of drug-likeness (QED) is 0.198. The second-order valence-electron chi connectivity index (χ2n) is 11.8. The van der Waals surface area contributed by atoms with Gasteiger partial charge in [-0.3, -0.25) is 4.57 Å². The van der Waals surface area contributed by atoms with Crippen LogP contribution in [0.25, 0.3) is 85.6 Å². The first-order valence-corrected chi connectivity index (χ1v) is 16.7. The summed E-state index contributed by atoms with van der Waals surface area (Å²) in [6, 6.07) is 36.9. The van der Waals surface area contributed by atoms with Crippen LogP contribution in [0.15, 0.2) is 109 Å². The molecule has 10 rings (SSSR count). The van der Waals surface area contributed by atoms with E-state index in [0.717, 1.165) is 39.4 Å². The second-order valence-corrected chi connectivity index (χ2v) is 13.9. The van der Waals surface area contributed by atoms with Crippen molar-refractivity contribution in [3.05, 3.63) is 120 Å². The van der Waals surface area contributed by atoms with E-state index in [4.69, 9.17) is 9.97 Å². The lowest BCUT2D eigenvalue weighted by atomic mass is 9.83. The molecule has 0 spiro atoms. The van der Waals surface area contributed by atoms with E-state index in [1.807, 2.05) is 11.3 Å². The van der Waals surface area contributed by atoms with E-state index >= 15 is 0 Å². The van der Waals surface area contributed by atoms with Gasteiger partial charge in [0.1, 0.15) is 0 Å². The number of para-hydroxylation sites is 1. The maximum absolute atomic E-state index is 5.45. The molecule has 4 heterocycles. The highest BCUT2D eigenvalue weighted by Gasteiger charge is 2.28. The molecule has 0 saturated carbocycles. The molecule has 1 aliphatic carbocycles. The van der Waals surface area contributed by atoms with Crippen LogP contribution >= 0.6 is 22.7 Å². The van der Waals surface area contributed by atoms with Gasteiger partial charge < -0.3 is 0 Å². The van der Waals surface area contributed by atoms with Crippen LogP contribution in [0.1, 0.15) is 30.4 Å². The molecule has 0 fully saturated rings. The third-order valence-corrected chi connectivity index (χ3v) is 11.6. The van der Waals surface area contributed by atoms with Crippen LogP contribution in [0.4, 0.5) is 0 Å². The van der Waals surface area contributed by atoms with Crippen molar-refractivity contribution >= 4 is 91.0 Å². The summed E-state index contributed by atoms with van der Waals surface area (Å²) in [5.41, 5.74) is 8.26. The predicted molar refractivity (Wildman–Crippen MR) is 190 cm³/mol. The first kappa shape index (κ1) is 24.6. The molecule has 5 aromatic carbocycles. The standard InChI is InChI=1S/C39H25N3S2/c1-22-12-11-18-27-31(22)33-25-16-6-9-20-29(25)43-37(33)36-32(27)24-15-5-8-19-28(24)42(36)39-40-34(23-13-3-2-4-14-23)38-35(41-39)26-17-7-10-21-30(26)44-38/h2-11,13-22H,12H2,1H3. The minimum absolute atomic E-state index is 0.441. The Bertz CT molecular complexity index is 2650.